The van der Waals surface area contributed by atoms with Crippen LogP contribution in [0.1, 0.15) is 18.4 Å². The molecule has 2 amide bonds. The lowest BCUT2D eigenvalue weighted by Crippen LogP contribution is -2.57. The Balaban J connectivity index is 1.61. The van der Waals surface area contributed by atoms with Crippen molar-refractivity contribution in [1.29, 1.82) is 5.41 Å². The SMILES string of the molecule is C=CN=C(C=C)CN1CCC(CN2CC(O)CN(c3cccc(C(=N)N)c3)C2=O)CC1. The van der Waals surface area contributed by atoms with Crippen LogP contribution in [0.4, 0.5) is 10.5 Å². The molecule has 2 saturated heterocycles. The molecule has 0 saturated carbocycles. The smallest absolute Gasteiger partial charge is 0.324 e. The Bertz CT molecular complexity index is 859. The highest BCUT2D eigenvalue weighted by Gasteiger charge is 2.34. The highest BCUT2D eigenvalue weighted by Crippen LogP contribution is 2.25. The highest BCUT2D eigenvalue weighted by atomic mass is 16.3. The molecule has 8 nitrogen and oxygen atoms in total. The Morgan fingerprint density at radius 2 is 2.03 bits per heavy atom. The lowest BCUT2D eigenvalue weighted by molar-refractivity contribution is 0.0900. The number of anilines is 1. The van der Waals surface area contributed by atoms with Crippen LogP contribution in [0, 0.1) is 11.3 Å². The summed E-state index contributed by atoms with van der Waals surface area (Å²) in [6.45, 7) is 11.3. The van der Waals surface area contributed by atoms with Crippen LogP contribution in [0.15, 0.2) is 54.7 Å². The number of nitrogens with zero attached hydrogens (tertiary/aromatic N) is 4. The van der Waals surface area contributed by atoms with Crippen molar-refractivity contribution in [3.63, 3.8) is 0 Å². The van der Waals surface area contributed by atoms with Crippen LogP contribution in [0.5, 0.6) is 0 Å². The minimum absolute atomic E-state index is 0.0479. The van der Waals surface area contributed by atoms with Gasteiger partial charge in [-0.2, -0.15) is 0 Å². The fourth-order valence-corrected chi connectivity index (χ4v) is 4.20. The third-order valence-corrected chi connectivity index (χ3v) is 5.86. The van der Waals surface area contributed by atoms with Crippen LogP contribution in [-0.2, 0) is 0 Å². The number of likely N-dealkylation sites (tertiary alicyclic amines) is 1. The molecule has 1 unspecified atom stereocenters. The summed E-state index contributed by atoms with van der Waals surface area (Å²) in [4.78, 5) is 23.1. The van der Waals surface area contributed by atoms with E-state index in [0.717, 1.165) is 38.2 Å². The molecule has 166 valence electrons. The van der Waals surface area contributed by atoms with Crippen molar-refractivity contribution in [3.8, 4) is 0 Å². The van der Waals surface area contributed by atoms with E-state index in [1.54, 1.807) is 40.1 Å². The molecule has 1 atom stereocenters. The number of urea groups is 1. The zero-order valence-electron chi connectivity index (χ0n) is 17.9. The molecule has 3 rings (SSSR count). The molecule has 4 N–H and O–H groups in total. The standard InChI is InChI=1S/C23H32N6O2/c1-3-19(26-4-2)14-27-10-8-17(9-11-27)13-28-15-21(30)16-29(23(28)31)20-7-5-6-18(12-20)22(24)25/h3-7,12,17,21,30H,1-2,8-11,13-16H2,(H3,24,25). The Hall–Kier alpha value is -2.97. The fourth-order valence-electron chi connectivity index (χ4n) is 4.20. The van der Waals surface area contributed by atoms with Crippen LogP contribution >= 0.6 is 0 Å². The number of nitrogens with two attached hydrogens (primary N) is 1. The van der Waals surface area contributed by atoms with Crippen molar-refractivity contribution in [2.45, 2.75) is 18.9 Å². The van der Waals surface area contributed by atoms with Crippen LogP contribution in [-0.4, -0.2) is 77.9 Å². The van der Waals surface area contributed by atoms with E-state index in [4.69, 9.17) is 11.1 Å². The first-order valence-corrected chi connectivity index (χ1v) is 10.6. The van der Waals surface area contributed by atoms with Gasteiger partial charge in [0.1, 0.15) is 5.84 Å². The van der Waals surface area contributed by atoms with E-state index in [9.17, 15) is 9.90 Å². The maximum Gasteiger partial charge on any atom is 0.324 e. The first-order valence-electron chi connectivity index (χ1n) is 10.6. The number of aliphatic hydroxyl groups is 1. The molecular formula is C23H32N6O2. The number of carbonyl (C=O) groups excluding carboxylic acids is 1. The van der Waals surface area contributed by atoms with E-state index >= 15 is 0 Å². The molecule has 0 aliphatic carbocycles. The number of piperidine rings is 1. The van der Waals surface area contributed by atoms with Crippen LogP contribution < -0.4 is 10.6 Å². The Morgan fingerprint density at radius 1 is 1.29 bits per heavy atom. The van der Waals surface area contributed by atoms with Gasteiger partial charge in [0.2, 0.25) is 0 Å². The number of carbonyl (C=O) groups is 1. The van der Waals surface area contributed by atoms with E-state index in [0.29, 0.717) is 30.3 Å². The lowest BCUT2D eigenvalue weighted by Gasteiger charge is -2.41. The Kier molecular flexibility index (Phi) is 7.59. The third kappa shape index (κ3) is 5.80. The summed E-state index contributed by atoms with van der Waals surface area (Å²) in [5.74, 6) is 0.340. The average Bonchev–Trinajstić information content (AvgIpc) is 2.77. The second-order valence-corrected chi connectivity index (χ2v) is 8.14. The molecule has 31 heavy (non-hydrogen) atoms. The van der Waals surface area contributed by atoms with Crippen LogP contribution in [0.2, 0.25) is 0 Å². The summed E-state index contributed by atoms with van der Waals surface area (Å²) in [6.07, 6.45) is 4.65. The van der Waals surface area contributed by atoms with Gasteiger partial charge in [-0.1, -0.05) is 25.3 Å². The molecule has 2 aliphatic rings. The number of rotatable bonds is 8. The van der Waals surface area contributed by atoms with Crippen LogP contribution in [0.25, 0.3) is 0 Å². The van der Waals surface area contributed by atoms with Crippen molar-refractivity contribution in [2.24, 2.45) is 16.6 Å². The number of hydrogen-bond donors (Lipinski definition) is 3. The number of nitrogens with one attached hydrogen (secondary N) is 1. The van der Waals surface area contributed by atoms with E-state index < -0.39 is 6.10 Å². The largest absolute Gasteiger partial charge is 0.389 e. The zero-order valence-corrected chi connectivity index (χ0v) is 17.9. The molecule has 2 aliphatic heterocycles. The predicted molar refractivity (Wildman–Crippen MR) is 125 cm³/mol. The van der Waals surface area contributed by atoms with Gasteiger partial charge in [0, 0.05) is 30.5 Å². The molecule has 2 heterocycles. The van der Waals surface area contributed by atoms with Gasteiger partial charge in [0.15, 0.2) is 0 Å². The summed E-state index contributed by atoms with van der Waals surface area (Å²) >= 11 is 0. The normalized spacial score (nSPS) is 21.3. The maximum absolute atomic E-state index is 13.2. The number of benzene rings is 1. The van der Waals surface area contributed by atoms with Gasteiger partial charge in [-0.25, -0.2) is 4.79 Å². The second kappa shape index (κ2) is 10.4. The minimum Gasteiger partial charge on any atom is -0.389 e. The lowest BCUT2D eigenvalue weighted by atomic mass is 9.95. The maximum atomic E-state index is 13.2. The van der Waals surface area contributed by atoms with Gasteiger partial charge < -0.3 is 15.7 Å². The monoisotopic (exact) mass is 424 g/mol. The van der Waals surface area contributed by atoms with Gasteiger partial charge in [-0.3, -0.25) is 20.2 Å². The molecule has 0 bridgehead atoms. The molecule has 8 heteroatoms. The Morgan fingerprint density at radius 3 is 2.68 bits per heavy atom. The fraction of sp³-hybridized carbons (Fsp3) is 0.435. The van der Waals surface area contributed by atoms with Gasteiger partial charge in [-0.15, -0.1) is 0 Å². The molecule has 0 radical (unpaired) electrons. The predicted octanol–water partition coefficient (Wildman–Crippen LogP) is 2.06. The molecular weight excluding hydrogens is 392 g/mol. The first-order chi connectivity index (χ1) is 14.9. The molecule has 1 aromatic carbocycles. The molecule has 0 aromatic heterocycles. The number of amides is 2. The van der Waals surface area contributed by atoms with Gasteiger partial charge in [0.25, 0.3) is 0 Å². The third-order valence-electron chi connectivity index (χ3n) is 5.86. The number of nitrogen functional groups attached to an aromatic ring is 1. The minimum atomic E-state index is -0.621. The highest BCUT2D eigenvalue weighted by molar-refractivity contribution is 5.98. The van der Waals surface area contributed by atoms with Crippen molar-refractivity contribution in [3.05, 3.63) is 55.3 Å². The van der Waals surface area contributed by atoms with E-state index in [2.05, 4.69) is 23.1 Å². The topological polar surface area (TPSA) is 109 Å². The first kappa shape index (κ1) is 22.7. The van der Waals surface area contributed by atoms with E-state index in [1.165, 1.54) is 6.20 Å². The molecule has 1 aromatic rings. The van der Waals surface area contributed by atoms with Crippen molar-refractivity contribution >= 4 is 23.3 Å². The van der Waals surface area contributed by atoms with Crippen molar-refractivity contribution in [1.82, 2.24) is 9.80 Å². The summed E-state index contributed by atoms with van der Waals surface area (Å²) in [7, 11) is 0. The zero-order chi connectivity index (χ0) is 22.4. The second-order valence-electron chi connectivity index (χ2n) is 8.14. The number of aliphatic hydroxyl groups excluding tert-OH is 1. The van der Waals surface area contributed by atoms with Gasteiger partial charge in [0.05, 0.1) is 24.9 Å². The summed E-state index contributed by atoms with van der Waals surface area (Å²) in [5, 5.41) is 18.0. The van der Waals surface area contributed by atoms with Gasteiger partial charge >= 0.3 is 6.03 Å². The average molecular weight is 425 g/mol. The number of hydrogen-bond acceptors (Lipinski definition) is 5. The number of aliphatic imine (C=N–C) groups is 1. The summed E-state index contributed by atoms with van der Waals surface area (Å²) < 4.78 is 0. The van der Waals surface area contributed by atoms with E-state index in [-0.39, 0.29) is 18.4 Å². The molecule has 2 fully saturated rings. The van der Waals surface area contributed by atoms with E-state index in [1.807, 2.05) is 0 Å². The quantitative estimate of drug-likeness (QED) is 0.438. The summed E-state index contributed by atoms with van der Waals surface area (Å²) in [5.41, 5.74) is 7.71. The Labute approximate surface area is 183 Å². The van der Waals surface area contributed by atoms with Crippen molar-refractivity contribution in [2.75, 3.05) is 44.2 Å². The van der Waals surface area contributed by atoms with Gasteiger partial charge in [-0.05, 0) is 50.1 Å². The van der Waals surface area contributed by atoms with Crippen molar-refractivity contribution < 1.29 is 9.90 Å². The summed E-state index contributed by atoms with van der Waals surface area (Å²) in [6, 6.07) is 6.92. The number of β-amino-alcohol motifs (C(OH)–C–C–N with tert-alkyl or cyclic N) is 1. The van der Waals surface area contributed by atoms with Crippen LogP contribution in [0.3, 0.4) is 0 Å². The number of amidine groups is 1. The molecule has 0 spiro atoms.